The summed E-state index contributed by atoms with van der Waals surface area (Å²) < 4.78 is 5.17. The Bertz CT molecular complexity index is 354. The highest BCUT2D eigenvalue weighted by molar-refractivity contribution is 5.77. The van der Waals surface area contributed by atoms with E-state index in [9.17, 15) is 4.79 Å². The zero-order valence-electron chi connectivity index (χ0n) is 10.8. The Morgan fingerprint density at radius 1 is 1.29 bits per heavy atom. The van der Waals surface area contributed by atoms with Gasteiger partial charge in [0.2, 0.25) is 0 Å². The van der Waals surface area contributed by atoms with Gasteiger partial charge in [0, 0.05) is 0 Å². The average Bonchev–Trinajstić information content (AvgIpc) is 2.27. The molecule has 0 fully saturated rings. The molecule has 94 valence electrons. The normalized spacial score (nSPS) is 13.2. The zero-order valence-corrected chi connectivity index (χ0v) is 10.8. The first kappa shape index (κ1) is 13.7. The van der Waals surface area contributed by atoms with Crippen LogP contribution in [0.3, 0.4) is 0 Å². The lowest BCUT2D eigenvalue weighted by Gasteiger charge is -2.18. The van der Waals surface area contributed by atoms with Gasteiger partial charge >= 0.3 is 5.97 Å². The number of carbonyl (C=O) groups is 1. The van der Waals surface area contributed by atoms with Gasteiger partial charge in [-0.3, -0.25) is 0 Å². The van der Waals surface area contributed by atoms with Crippen molar-refractivity contribution in [1.29, 1.82) is 0 Å². The topological polar surface area (TPSA) is 52.3 Å². The molecule has 0 heterocycles. The summed E-state index contributed by atoms with van der Waals surface area (Å²) in [6.07, 6.45) is 0.834. The van der Waals surface area contributed by atoms with Gasteiger partial charge in [-0.05, 0) is 17.4 Å². The molecule has 1 aromatic carbocycles. The highest BCUT2D eigenvalue weighted by Gasteiger charge is 2.18. The molecule has 0 spiro atoms. The third kappa shape index (κ3) is 5.00. The van der Waals surface area contributed by atoms with Gasteiger partial charge in [-0.15, -0.1) is 0 Å². The van der Waals surface area contributed by atoms with Crippen LogP contribution in [0.1, 0.15) is 38.8 Å². The van der Waals surface area contributed by atoms with E-state index in [1.165, 1.54) is 0 Å². The van der Waals surface area contributed by atoms with E-state index in [1.807, 2.05) is 30.3 Å². The molecule has 0 saturated heterocycles. The summed E-state index contributed by atoms with van der Waals surface area (Å²) in [6.45, 7) is 6.75. The zero-order chi connectivity index (χ0) is 12.9. The van der Waals surface area contributed by atoms with Crippen LogP contribution in [0.4, 0.5) is 0 Å². The van der Waals surface area contributed by atoms with Gasteiger partial charge in [-0.25, -0.2) is 4.79 Å². The SMILES string of the molecule is CC(C)(C)CCOC(=O)[C@@H](N)c1ccccc1. The van der Waals surface area contributed by atoms with Crippen LogP contribution in [0.25, 0.3) is 0 Å². The van der Waals surface area contributed by atoms with Crippen molar-refractivity contribution in [3.8, 4) is 0 Å². The van der Waals surface area contributed by atoms with Gasteiger partial charge in [0.15, 0.2) is 0 Å². The smallest absolute Gasteiger partial charge is 0.327 e. The summed E-state index contributed by atoms with van der Waals surface area (Å²) in [5.74, 6) is -0.361. The minimum atomic E-state index is -0.684. The predicted octanol–water partition coefficient (Wildman–Crippen LogP) is 2.67. The van der Waals surface area contributed by atoms with E-state index in [1.54, 1.807) is 0 Å². The number of hydrogen-bond donors (Lipinski definition) is 1. The number of rotatable bonds is 4. The molecular weight excluding hydrogens is 214 g/mol. The third-order valence-corrected chi connectivity index (χ3v) is 2.51. The standard InChI is InChI=1S/C14H21NO2/c1-14(2,3)9-10-17-13(16)12(15)11-7-5-4-6-8-11/h4-8,12H,9-10,15H2,1-3H3/t12-/m0/s1. The Labute approximate surface area is 103 Å². The second-order valence-electron chi connectivity index (χ2n) is 5.37. The van der Waals surface area contributed by atoms with E-state index in [0.717, 1.165) is 12.0 Å². The van der Waals surface area contributed by atoms with E-state index in [-0.39, 0.29) is 11.4 Å². The summed E-state index contributed by atoms with van der Waals surface area (Å²) in [5, 5.41) is 0. The van der Waals surface area contributed by atoms with Crippen LogP contribution in [0, 0.1) is 5.41 Å². The fraction of sp³-hybridized carbons (Fsp3) is 0.500. The van der Waals surface area contributed by atoms with Crippen LogP contribution >= 0.6 is 0 Å². The van der Waals surface area contributed by atoms with Gasteiger partial charge in [0.1, 0.15) is 6.04 Å². The molecule has 1 atom stereocenters. The number of nitrogens with two attached hydrogens (primary N) is 1. The minimum absolute atomic E-state index is 0.164. The number of ether oxygens (including phenoxy) is 1. The largest absolute Gasteiger partial charge is 0.464 e. The first-order chi connectivity index (χ1) is 7.90. The molecule has 0 aliphatic rings. The van der Waals surface area contributed by atoms with Crippen molar-refractivity contribution in [2.75, 3.05) is 6.61 Å². The molecule has 0 aromatic heterocycles. The first-order valence-corrected chi connectivity index (χ1v) is 5.87. The molecule has 1 aromatic rings. The second-order valence-corrected chi connectivity index (χ2v) is 5.37. The van der Waals surface area contributed by atoms with Gasteiger partial charge in [-0.1, -0.05) is 51.1 Å². The van der Waals surface area contributed by atoms with Crippen LogP contribution in [0.2, 0.25) is 0 Å². The molecule has 0 radical (unpaired) electrons. The molecule has 0 unspecified atom stereocenters. The first-order valence-electron chi connectivity index (χ1n) is 5.87. The van der Waals surface area contributed by atoms with Crippen LogP contribution in [0.15, 0.2) is 30.3 Å². The van der Waals surface area contributed by atoms with Crippen molar-refractivity contribution in [2.45, 2.75) is 33.2 Å². The van der Waals surface area contributed by atoms with Crippen molar-refractivity contribution >= 4 is 5.97 Å². The van der Waals surface area contributed by atoms with Crippen molar-refractivity contribution in [2.24, 2.45) is 11.1 Å². The van der Waals surface area contributed by atoms with E-state index in [4.69, 9.17) is 10.5 Å². The Morgan fingerprint density at radius 2 is 1.88 bits per heavy atom. The predicted molar refractivity (Wildman–Crippen MR) is 68.4 cm³/mol. The maximum Gasteiger partial charge on any atom is 0.327 e. The molecule has 0 saturated carbocycles. The molecule has 3 heteroatoms. The van der Waals surface area contributed by atoms with Crippen LogP contribution in [-0.4, -0.2) is 12.6 Å². The van der Waals surface area contributed by atoms with E-state index < -0.39 is 6.04 Å². The van der Waals surface area contributed by atoms with Gasteiger partial charge in [0.25, 0.3) is 0 Å². The molecule has 0 aliphatic carbocycles. The van der Waals surface area contributed by atoms with Crippen molar-refractivity contribution in [1.82, 2.24) is 0 Å². The second kappa shape index (κ2) is 5.82. The summed E-state index contributed by atoms with van der Waals surface area (Å²) in [7, 11) is 0. The minimum Gasteiger partial charge on any atom is -0.464 e. The van der Waals surface area contributed by atoms with Crippen molar-refractivity contribution in [3.63, 3.8) is 0 Å². The van der Waals surface area contributed by atoms with Gasteiger partial charge in [0.05, 0.1) is 6.61 Å². The van der Waals surface area contributed by atoms with Crippen molar-refractivity contribution in [3.05, 3.63) is 35.9 Å². The van der Waals surface area contributed by atoms with E-state index in [0.29, 0.717) is 6.61 Å². The Morgan fingerprint density at radius 3 is 2.41 bits per heavy atom. The molecule has 3 nitrogen and oxygen atoms in total. The summed E-state index contributed by atoms with van der Waals surface area (Å²) in [4.78, 5) is 11.7. The van der Waals surface area contributed by atoms with Gasteiger partial charge < -0.3 is 10.5 Å². The monoisotopic (exact) mass is 235 g/mol. The molecule has 0 aliphatic heterocycles. The Kier molecular flexibility index (Phi) is 4.70. The number of hydrogen-bond acceptors (Lipinski definition) is 3. The molecule has 17 heavy (non-hydrogen) atoms. The molecule has 0 bridgehead atoms. The van der Waals surface area contributed by atoms with Crippen LogP contribution < -0.4 is 5.73 Å². The lowest BCUT2D eigenvalue weighted by Crippen LogP contribution is -2.25. The highest BCUT2D eigenvalue weighted by Crippen LogP contribution is 2.19. The fourth-order valence-electron chi connectivity index (χ4n) is 1.34. The van der Waals surface area contributed by atoms with Crippen LogP contribution in [-0.2, 0) is 9.53 Å². The van der Waals surface area contributed by atoms with Gasteiger partial charge in [-0.2, -0.15) is 0 Å². The maximum absolute atomic E-state index is 11.7. The maximum atomic E-state index is 11.7. The number of carbonyl (C=O) groups excluding carboxylic acids is 1. The molecule has 1 rings (SSSR count). The molecule has 2 N–H and O–H groups in total. The lowest BCUT2D eigenvalue weighted by atomic mass is 9.93. The number of benzene rings is 1. The highest BCUT2D eigenvalue weighted by atomic mass is 16.5. The quantitative estimate of drug-likeness (QED) is 0.816. The van der Waals surface area contributed by atoms with E-state index >= 15 is 0 Å². The summed E-state index contributed by atoms with van der Waals surface area (Å²) in [5.41, 5.74) is 6.76. The third-order valence-electron chi connectivity index (χ3n) is 2.51. The fourth-order valence-corrected chi connectivity index (χ4v) is 1.34. The lowest BCUT2D eigenvalue weighted by molar-refractivity contribution is -0.146. The average molecular weight is 235 g/mol. The molecule has 0 amide bonds. The summed E-state index contributed by atoms with van der Waals surface area (Å²) in [6, 6.07) is 8.58. The van der Waals surface area contributed by atoms with E-state index in [2.05, 4.69) is 20.8 Å². The summed E-state index contributed by atoms with van der Waals surface area (Å²) >= 11 is 0. The Balaban J connectivity index is 2.43. The van der Waals surface area contributed by atoms with Crippen LogP contribution in [0.5, 0.6) is 0 Å². The van der Waals surface area contributed by atoms with Crippen molar-refractivity contribution < 1.29 is 9.53 Å². The number of esters is 1. The molecular formula is C14H21NO2. The Hall–Kier alpha value is -1.35.